The maximum Gasteiger partial charge on any atom is 0.407 e. The summed E-state index contributed by atoms with van der Waals surface area (Å²) in [5.41, 5.74) is 2.37. The Bertz CT molecular complexity index is 747. The number of ether oxygens (including phenoxy) is 1. The molecule has 0 spiro atoms. The number of amides is 1. The summed E-state index contributed by atoms with van der Waals surface area (Å²) >= 11 is 0. The van der Waals surface area contributed by atoms with E-state index < -0.39 is 0 Å². The topological polar surface area (TPSA) is 58.6 Å². The average Bonchev–Trinajstić information content (AvgIpc) is 3.15. The molecule has 4 nitrogen and oxygen atoms in total. The average molecular weight is 474 g/mol. The highest BCUT2D eigenvalue weighted by atomic mass is 16.6. The molecule has 0 aromatic heterocycles. The molecule has 3 fully saturated rings. The Labute approximate surface area is 208 Å². The van der Waals surface area contributed by atoms with Gasteiger partial charge in [0, 0.05) is 13.0 Å². The van der Waals surface area contributed by atoms with Crippen LogP contribution in [0, 0.1) is 46.3 Å². The number of fused-ring (bicyclic) bond motifs is 5. The van der Waals surface area contributed by atoms with E-state index in [0.29, 0.717) is 5.41 Å². The molecule has 0 aromatic rings. The van der Waals surface area contributed by atoms with E-state index in [4.69, 9.17) is 9.84 Å². The number of nitrogens with one attached hydrogen (secondary N) is 1. The highest BCUT2D eigenvalue weighted by molar-refractivity contribution is 5.67. The number of rotatable bonds is 8. The summed E-state index contributed by atoms with van der Waals surface area (Å²) in [7, 11) is 0. The molecule has 34 heavy (non-hydrogen) atoms. The largest absolute Gasteiger partial charge is 0.446 e. The normalized spacial score (nSPS) is 40.1. The van der Waals surface area contributed by atoms with Gasteiger partial charge in [0.1, 0.15) is 6.10 Å². The summed E-state index contributed by atoms with van der Waals surface area (Å²) < 4.78 is 5.69. The molecule has 4 heteroatoms. The Hall–Kier alpha value is -1.03. The summed E-state index contributed by atoms with van der Waals surface area (Å²) in [5.74, 6) is 5.12. The van der Waals surface area contributed by atoms with Crippen LogP contribution in [0.4, 0.5) is 4.79 Å². The standard InChI is InChI=1S/C30H51NO3/c1-20(2)7-6-8-21(3)25-11-12-26-24-10-9-22-19-23(34-28(33)31-17-18-32)13-15-29(22,4)27(24)14-16-30(25,26)5/h9,20-21,23-27,32H,6-8,10-19H2,1-5H3,(H,31,33)/t21?,23?,24?,25?,26?,27?,29-,30+/m0/s1. The fraction of sp³-hybridized carbons (Fsp3) is 0.900. The number of carbonyl (C=O) groups is 1. The van der Waals surface area contributed by atoms with E-state index in [1.807, 2.05) is 0 Å². The van der Waals surface area contributed by atoms with Gasteiger partial charge in [0.2, 0.25) is 0 Å². The van der Waals surface area contributed by atoms with Gasteiger partial charge in [0.15, 0.2) is 0 Å². The Morgan fingerprint density at radius 2 is 1.91 bits per heavy atom. The van der Waals surface area contributed by atoms with E-state index in [1.54, 1.807) is 5.57 Å². The fourth-order valence-electron chi connectivity index (χ4n) is 9.10. The van der Waals surface area contributed by atoms with E-state index in [1.165, 1.54) is 51.4 Å². The molecule has 2 N–H and O–H groups in total. The lowest BCUT2D eigenvalue weighted by atomic mass is 9.47. The third-order valence-corrected chi connectivity index (χ3v) is 10.9. The zero-order valence-corrected chi connectivity index (χ0v) is 22.6. The number of aliphatic hydroxyl groups is 1. The van der Waals surface area contributed by atoms with Crippen molar-refractivity contribution in [1.29, 1.82) is 0 Å². The smallest absolute Gasteiger partial charge is 0.407 e. The third kappa shape index (κ3) is 4.95. The summed E-state index contributed by atoms with van der Waals surface area (Å²) in [6, 6.07) is 0. The molecule has 4 rings (SSSR count). The third-order valence-electron chi connectivity index (χ3n) is 10.9. The van der Waals surface area contributed by atoms with Crippen molar-refractivity contribution in [2.24, 2.45) is 46.3 Å². The maximum atomic E-state index is 12.0. The predicted octanol–water partition coefficient (Wildman–Crippen LogP) is 7.11. The molecule has 0 saturated heterocycles. The number of allylic oxidation sites excluding steroid dienone is 1. The highest BCUT2D eigenvalue weighted by Crippen LogP contribution is 2.67. The van der Waals surface area contributed by atoms with Gasteiger partial charge in [0.05, 0.1) is 6.61 Å². The van der Waals surface area contributed by atoms with Crippen LogP contribution >= 0.6 is 0 Å². The number of alkyl carbamates (subject to hydrolysis) is 1. The van der Waals surface area contributed by atoms with Crippen molar-refractivity contribution in [2.45, 2.75) is 111 Å². The SMILES string of the molecule is CC(C)CCCC(C)C1CCC2C3CC=C4CC(OC(=O)NCCO)CC[C@]4(C)C3CC[C@]12C. The highest BCUT2D eigenvalue weighted by Gasteiger charge is 2.59. The maximum absolute atomic E-state index is 12.0. The van der Waals surface area contributed by atoms with E-state index in [0.717, 1.165) is 54.8 Å². The molecule has 8 atom stereocenters. The molecule has 0 bridgehead atoms. The monoisotopic (exact) mass is 473 g/mol. The quantitative estimate of drug-likeness (QED) is 0.369. The molecule has 3 saturated carbocycles. The van der Waals surface area contributed by atoms with Gasteiger partial charge in [0.25, 0.3) is 0 Å². The molecule has 4 aliphatic carbocycles. The van der Waals surface area contributed by atoms with Crippen molar-refractivity contribution in [3.63, 3.8) is 0 Å². The van der Waals surface area contributed by atoms with Crippen molar-refractivity contribution in [2.75, 3.05) is 13.2 Å². The van der Waals surface area contributed by atoms with Gasteiger partial charge in [-0.3, -0.25) is 0 Å². The van der Waals surface area contributed by atoms with Crippen molar-refractivity contribution in [3.8, 4) is 0 Å². The second-order valence-corrected chi connectivity index (χ2v) is 13.2. The van der Waals surface area contributed by atoms with Gasteiger partial charge in [-0.15, -0.1) is 0 Å². The van der Waals surface area contributed by atoms with E-state index in [9.17, 15) is 4.79 Å². The van der Waals surface area contributed by atoms with Crippen LogP contribution in [0.2, 0.25) is 0 Å². The molecule has 0 aliphatic heterocycles. The fourth-order valence-corrected chi connectivity index (χ4v) is 9.10. The molecule has 0 radical (unpaired) electrons. The first-order valence-corrected chi connectivity index (χ1v) is 14.4. The molecule has 0 heterocycles. The lowest BCUT2D eigenvalue weighted by Crippen LogP contribution is -2.51. The Morgan fingerprint density at radius 3 is 2.65 bits per heavy atom. The van der Waals surface area contributed by atoms with Gasteiger partial charge >= 0.3 is 6.09 Å². The van der Waals surface area contributed by atoms with Gasteiger partial charge in [-0.2, -0.15) is 0 Å². The summed E-state index contributed by atoms with van der Waals surface area (Å²) in [5, 5.41) is 11.6. The first kappa shape index (κ1) is 26.0. The van der Waals surface area contributed by atoms with Crippen molar-refractivity contribution in [1.82, 2.24) is 5.32 Å². The van der Waals surface area contributed by atoms with Gasteiger partial charge in [-0.05, 0) is 91.3 Å². The second kappa shape index (κ2) is 10.5. The molecule has 1 amide bonds. The molecule has 4 aliphatic rings. The van der Waals surface area contributed by atoms with Crippen LogP contribution in [-0.4, -0.2) is 30.5 Å². The van der Waals surface area contributed by atoms with Crippen molar-refractivity contribution >= 4 is 6.09 Å². The second-order valence-electron chi connectivity index (χ2n) is 13.2. The predicted molar refractivity (Wildman–Crippen MR) is 138 cm³/mol. The minimum Gasteiger partial charge on any atom is -0.446 e. The van der Waals surface area contributed by atoms with Gasteiger partial charge < -0.3 is 15.2 Å². The van der Waals surface area contributed by atoms with Gasteiger partial charge in [-0.25, -0.2) is 4.79 Å². The Kier molecular flexibility index (Phi) is 8.06. The van der Waals surface area contributed by atoms with E-state index in [2.05, 4.69) is 46.0 Å². The van der Waals surface area contributed by atoms with Crippen LogP contribution in [-0.2, 0) is 4.74 Å². The molecular weight excluding hydrogens is 422 g/mol. The number of aliphatic hydroxyl groups excluding tert-OH is 1. The number of hydrogen-bond donors (Lipinski definition) is 2. The van der Waals surface area contributed by atoms with Crippen LogP contribution in [0.25, 0.3) is 0 Å². The molecular formula is C30H51NO3. The minimum absolute atomic E-state index is 0.0222. The van der Waals surface area contributed by atoms with E-state index in [-0.39, 0.29) is 30.8 Å². The lowest BCUT2D eigenvalue weighted by molar-refractivity contribution is -0.0581. The molecule has 6 unspecified atom stereocenters. The zero-order valence-electron chi connectivity index (χ0n) is 22.6. The van der Waals surface area contributed by atoms with Crippen LogP contribution < -0.4 is 5.32 Å². The van der Waals surface area contributed by atoms with E-state index >= 15 is 0 Å². The lowest BCUT2D eigenvalue weighted by Gasteiger charge is -2.58. The van der Waals surface area contributed by atoms with Gasteiger partial charge in [-0.1, -0.05) is 65.5 Å². The number of hydrogen-bond acceptors (Lipinski definition) is 3. The van der Waals surface area contributed by atoms with Crippen LogP contribution in [0.5, 0.6) is 0 Å². The Morgan fingerprint density at radius 1 is 1.12 bits per heavy atom. The first-order chi connectivity index (χ1) is 16.2. The molecule has 0 aromatic carbocycles. The van der Waals surface area contributed by atoms with Crippen molar-refractivity contribution < 1.29 is 14.6 Å². The van der Waals surface area contributed by atoms with Crippen LogP contribution in [0.1, 0.15) is 105 Å². The van der Waals surface area contributed by atoms with Crippen LogP contribution in [0.3, 0.4) is 0 Å². The number of carbonyl (C=O) groups excluding carboxylic acids is 1. The van der Waals surface area contributed by atoms with Crippen LogP contribution in [0.15, 0.2) is 11.6 Å². The van der Waals surface area contributed by atoms with Crippen molar-refractivity contribution in [3.05, 3.63) is 11.6 Å². The summed E-state index contributed by atoms with van der Waals surface area (Å²) in [4.78, 5) is 12.0. The Balaban J connectivity index is 1.41. The molecule has 194 valence electrons. The summed E-state index contributed by atoms with van der Waals surface area (Å²) in [6.07, 6.45) is 16.2. The zero-order chi connectivity index (χ0) is 24.5. The first-order valence-electron chi connectivity index (χ1n) is 14.4. The summed E-state index contributed by atoms with van der Waals surface area (Å²) in [6.45, 7) is 12.7. The minimum atomic E-state index is -0.384.